The lowest BCUT2D eigenvalue weighted by Gasteiger charge is -2.24. The minimum absolute atomic E-state index is 0.353. The molecule has 3 rings (SSSR count). The van der Waals surface area contributed by atoms with E-state index in [2.05, 4.69) is 46.0 Å². The Hall–Kier alpha value is -0.380. The van der Waals surface area contributed by atoms with E-state index < -0.39 is 0 Å². The number of nitrogens with two attached hydrogens (primary N) is 1. The second-order valence-corrected chi connectivity index (χ2v) is 6.31. The molecule has 0 bridgehead atoms. The molecule has 1 heterocycles. The zero-order chi connectivity index (χ0) is 12.0. The quantitative estimate of drug-likeness (QED) is 0.863. The molecule has 1 fully saturated rings. The first-order chi connectivity index (χ1) is 8.16. The smallest absolute Gasteiger partial charge is 0.0355 e. The van der Waals surface area contributed by atoms with Crippen LogP contribution >= 0.6 is 15.9 Å². The summed E-state index contributed by atoms with van der Waals surface area (Å²) in [5.74, 6) is 0.631. The van der Waals surface area contributed by atoms with E-state index in [0.29, 0.717) is 18.0 Å². The molecule has 3 unspecified atom stereocenters. The van der Waals surface area contributed by atoms with Crippen molar-refractivity contribution in [1.82, 2.24) is 4.90 Å². The molecular weight excluding hydrogens is 276 g/mol. The second kappa shape index (κ2) is 4.38. The van der Waals surface area contributed by atoms with Gasteiger partial charge in [-0.15, -0.1) is 0 Å². The summed E-state index contributed by atoms with van der Waals surface area (Å²) in [5, 5.41) is 0. The first kappa shape index (κ1) is 11.7. The number of benzene rings is 1. The largest absolute Gasteiger partial charge is 0.326 e. The molecule has 0 saturated carbocycles. The molecule has 0 radical (unpaired) electrons. The minimum atomic E-state index is 0.353. The normalized spacial score (nSPS) is 33.0. The van der Waals surface area contributed by atoms with Crippen LogP contribution in [0.3, 0.4) is 0 Å². The lowest BCUT2D eigenvalue weighted by atomic mass is 10.1. The van der Waals surface area contributed by atoms with Crippen LogP contribution in [0.15, 0.2) is 22.7 Å². The van der Waals surface area contributed by atoms with Gasteiger partial charge in [-0.1, -0.05) is 35.0 Å². The van der Waals surface area contributed by atoms with Crippen molar-refractivity contribution in [3.8, 4) is 0 Å². The predicted molar refractivity (Wildman–Crippen MR) is 73.9 cm³/mol. The van der Waals surface area contributed by atoms with Gasteiger partial charge in [-0.2, -0.15) is 0 Å². The molecule has 1 aromatic carbocycles. The summed E-state index contributed by atoms with van der Waals surface area (Å²) in [5.41, 5.74) is 9.15. The molecule has 0 spiro atoms. The molecule has 0 amide bonds. The van der Waals surface area contributed by atoms with Gasteiger partial charge in [-0.3, -0.25) is 4.90 Å². The van der Waals surface area contributed by atoms with Gasteiger partial charge in [0.15, 0.2) is 0 Å². The van der Waals surface area contributed by atoms with Crippen molar-refractivity contribution in [2.45, 2.75) is 31.8 Å². The lowest BCUT2D eigenvalue weighted by molar-refractivity contribution is 0.236. The number of rotatable bonds is 1. The molecule has 1 aliphatic heterocycles. The predicted octanol–water partition coefficient (Wildman–Crippen LogP) is 2.72. The second-order valence-electron chi connectivity index (χ2n) is 5.46. The summed E-state index contributed by atoms with van der Waals surface area (Å²) in [6, 6.07) is 7.54. The molecule has 2 aliphatic rings. The van der Waals surface area contributed by atoms with Gasteiger partial charge in [0.25, 0.3) is 0 Å². The van der Waals surface area contributed by atoms with E-state index >= 15 is 0 Å². The summed E-state index contributed by atoms with van der Waals surface area (Å²) in [6.45, 7) is 4.47. The third-order valence-electron chi connectivity index (χ3n) is 4.32. The molecule has 0 aromatic heterocycles. The van der Waals surface area contributed by atoms with Crippen LogP contribution in [-0.2, 0) is 6.42 Å². The summed E-state index contributed by atoms with van der Waals surface area (Å²) in [6.07, 6.45) is 2.44. The summed E-state index contributed by atoms with van der Waals surface area (Å²) >= 11 is 3.66. The fourth-order valence-corrected chi connectivity index (χ4v) is 3.83. The van der Waals surface area contributed by atoms with Crippen LogP contribution < -0.4 is 5.73 Å². The van der Waals surface area contributed by atoms with Crippen LogP contribution in [0.1, 0.15) is 30.5 Å². The fraction of sp³-hybridized carbons (Fsp3) is 0.571. The number of fused-ring (bicyclic) bond motifs is 1. The maximum Gasteiger partial charge on any atom is 0.0355 e. The van der Waals surface area contributed by atoms with Crippen molar-refractivity contribution in [2.24, 2.45) is 11.7 Å². The standard InChI is InChI=1S/C14H19BrN2/c1-9-7-17(8-13(9)16)14-6-5-10-11(14)3-2-4-12(10)15/h2-4,9,13-14H,5-8,16H2,1H3. The highest BCUT2D eigenvalue weighted by Crippen LogP contribution is 2.40. The number of hydrogen-bond acceptors (Lipinski definition) is 2. The van der Waals surface area contributed by atoms with E-state index in [1.165, 1.54) is 28.4 Å². The summed E-state index contributed by atoms with van der Waals surface area (Å²) in [7, 11) is 0. The Morgan fingerprint density at radius 1 is 1.35 bits per heavy atom. The van der Waals surface area contributed by atoms with E-state index in [1.807, 2.05) is 0 Å². The minimum Gasteiger partial charge on any atom is -0.326 e. The van der Waals surface area contributed by atoms with Crippen molar-refractivity contribution >= 4 is 15.9 Å². The van der Waals surface area contributed by atoms with E-state index in [4.69, 9.17) is 5.73 Å². The first-order valence-corrected chi connectivity index (χ1v) is 7.23. The van der Waals surface area contributed by atoms with Crippen molar-refractivity contribution in [1.29, 1.82) is 0 Å². The SMILES string of the molecule is CC1CN(C2CCc3c(Br)cccc32)CC1N. The highest BCUT2D eigenvalue weighted by Gasteiger charge is 2.35. The molecule has 2 N–H and O–H groups in total. The van der Waals surface area contributed by atoms with Crippen LogP contribution in [0.5, 0.6) is 0 Å². The Bertz CT molecular complexity index is 422. The van der Waals surface area contributed by atoms with Gasteiger partial charge in [-0.05, 0) is 36.0 Å². The van der Waals surface area contributed by atoms with Gasteiger partial charge in [0.2, 0.25) is 0 Å². The van der Waals surface area contributed by atoms with Gasteiger partial charge >= 0.3 is 0 Å². The van der Waals surface area contributed by atoms with Crippen LogP contribution in [0, 0.1) is 5.92 Å². The topological polar surface area (TPSA) is 29.3 Å². The molecule has 1 aromatic rings. The lowest BCUT2D eigenvalue weighted by Crippen LogP contribution is -2.30. The molecule has 3 heteroatoms. The average Bonchev–Trinajstić information content (AvgIpc) is 2.85. The van der Waals surface area contributed by atoms with Gasteiger partial charge in [0.1, 0.15) is 0 Å². The van der Waals surface area contributed by atoms with Gasteiger partial charge in [0, 0.05) is 29.6 Å². The van der Waals surface area contributed by atoms with Crippen LogP contribution in [-0.4, -0.2) is 24.0 Å². The van der Waals surface area contributed by atoms with Gasteiger partial charge < -0.3 is 5.73 Å². The molecular formula is C14H19BrN2. The highest BCUT2D eigenvalue weighted by molar-refractivity contribution is 9.10. The zero-order valence-electron chi connectivity index (χ0n) is 10.2. The van der Waals surface area contributed by atoms with Crippen molar-refractivity contribution in [3.63, 3.8) is 0 Å². The Morgan fingerprint density at radius 2 is 2.18 bits per heavy atom. The van der Waals surface area contributed by atoms with Gasteiger partial charge in [-0.25, -0.2) is 0 Å². The number of nitrogens with zero attached hydrogens (tertiary/aromatic N) is 1. The van der Waals surface area contributed by atoms with Gasteiger partial charge in [0.05, 0.1) is 0 Å². The van der Waals surface area contributed by atoms with E-state index in [9.17, 15) is 0 Å². The summed E-state index contributed by atoms with van der Waals surface area (Å²) in [4.78, 5) is 2.58. The maximum atomic E-state index is 6.14. The monoisotopic (exact) mass is 294 g/mol. The number of halogens is 1. The molecule has 17 heavy (non-hydrogen) atoms. The maximum absolute atomic E-state index is 6.14. The third-order valence-corrected chi connectivity index (χ3v) is 5.06. The zero-order valence-corrected chi connectivity index (χ0v) is 11.8. The first-order valence-electron chi connectivity index (χ1n) is 6.43. The van der Waals surface area contributed by atoms with Crippen molar-refractivity contribution in [3.05, 3.63) is 33.8 Å². The van der Waals surface area contributed by atoms with Crippen LogP contribution in [0.2, 0.25) is 0 Å². The van der Waals surface area contributed by atoms with Crippen molar-refractivity contribution in [2.75, 3.05) is 13.1 Å². The fourth-order valence-electron chi connectivity index (χ4n) is 3.25. The third kappa shape index (κ3) is 1.94. The number of hydrogen-bond donors (Lipinski definition) is 1. The Labute approximate surface area is 111 Å². The van der Waals surface area contributed by atoms with E-state index in [-0.39, 0.29) is 0 Å². The van der Waals surface area contributed by atoms with Crippen molar-refractivity contribution < 1.29 is 0 Å². The van der Waals surface area contributed by atoms with E-state index in [1.54, 1.807) is 0 Å². The molecule has 1 saturated heterocycles. The van der Waals surface area contributed by atoms with Crippen LogP contribution in [0.4, 0.5) is 0 Å². The van der Waals surface area contributed by atoms with Crippen LogP contribution in [0.25, 0.3) is 0 Å². The Morgan fingerprint density at radius 3 is 2.88 bits per heavy atom. The Kier molecular flexibility index (Phi) is 3.01. The molecule has 2 nitrogen and oxygen atoms in total. The molecule has 3 atom stereocenters. The average molecular weight is 295 g/mol. The van der Waals surface area contributed by atoms with E-state index in [0.717, 1.165) is 13.1 Å². The summed E-state index contributed by atoms with van der Waals surface area (Å²) < 4.78 is 1.27. The molecule has 1 aliphatic carbocycles. The Balaban J connectivity index is 1.87. The highest BCUT2D eigenvalue weighted by atomic mass is 79.9. The molecule has 92 valence electrons. The number of likely N-dealkylation sites (tertiary alicyclic amines) is 1.